The number of rotatable bonds is 5. The molecule has 3 rings (SSSR count). The number of amides is 1. The van der Waals surface area contributed by atoms with E-state index in [-0.39, 0.29) is 29.9 Å². The number of nitrogens with one attached hydrogen (secondary N) is 1. The summed E-state index contributed by atoms with van der Waals surface area (Å²) < 4.78 is 24.7. The predicted octanol–water partition coefficient (Wildman–Crippen LogP) is 2.70. The Bertz CT molecular complexity index is 739. The number of anilines is 1. The van der Waals surface area contributed by atoms with E-state index in [4.69, 9.17) is 9.26 Å². The molecule has 134 valence electrons. The summed E-state index contributed by atoms with van der Waals surface area (Å²) in [5.41, 5.74) is 1.98. The molecule has 1 N–H and O–H groups in total. The lowest BCUT2D eigenvalue weighted by Gasteiger charge is -2.29. The van der Waals surface area contributed by atoms with Gasteiger partial charge in [-0.15, -0.1) is 0 Å². The molecule has 0 radical (unpaired) electrons. The number of morpholine rings is 1. The van der Waals surface area contributed by atoms with Crippen molar-refractivity contribution >= 4 is 11.6 Å². The van der Waals surface area contributed by atoms with Gasteiger partial charge in [-0.25, -0.2) is 4.39 Å². The standard InChI is InChI=1S/C18H22FN3O3/c1-12(2)15-10-17(25-21-15)18(23)20-11-13-3-4-16(14(19)9-13)22-5-7-24-8-6-22/h3-4,9-10,12H,5-8,11H2,1-2H3,(H,20,23). The number of carbonyl (C=O) groups is 1. The van der Waals surface area contributed by atoms with Gasteiger partial charge in [0.2, 0.25) is 5.76 Å². The number of hydrogen-bond donors (Lipinski definition) is 1. The van der Waals surface area contributed by atoms with Gasteiger partial charge in [-0.3, -0.25) is 4.79 Å². The number of aromatic nitrogens is 1. The van der Waals surface area contributed by atoms with E-state index in [9.17, 15) is 9.18 Å². The topological polar surface area (TPSA) is 67.6 Å². The molecule has 0 atom stereocenters. The molecule has 0 bridgehead atoms. The first kappa shape index (κ1) is 17.4. The Morgan fingerprint density at radius 2 is 2.08 bits per heavy atom. The zero-order chi connectivity index (χ0) is 17.8. The number of benzene rings is 1. The van der Waals surface area contributed by atoms with Crippen molar-refractivity contribution in [3.8, 4) is 0 Å². The number of ether oxygens (including phenoxy) is 1. The maximum atomic E-state index is 14.4. The van der Waals surface area contributed by atoms with E-state index in [1.165, 1.54) is 6.07 Å². The van der Waals surface area contributed by atoms with Crippen LogP contribution in [0.25, 0.3) is 0 Å². The van der Waals surface area contributed by atoms with Gasteiger partial charge in [-0.2, -0.15) is 0 Å². The number of halogens is 1. The Morgan fingerprint density at radius 1 is 1.32 bits per heavy atom. The maximum Gasteiger partial charge on any atom is 0.290 e. The van der Waals surface area contributed by atoms with Gasteiger partial charge >= 0.3 is 0 Å². The lowest BCUT2D eigenvalue weighted by Crippen LogP contribution is -2.36. The van der Waals surface area contributed by atoms with Gasteiger partial charge in [-0.05, 0) is 23.6 Å². The second kappa shape index (κ2) is 7.65. The highest BCUT2D eigenvalue weighted by Crippen LogP contribution is 2.21. The fourth-order valence-corrected chi connectivity index (χ4v) is 2.66. The van der Waals surface area contributed by atoms with E-state index in [1.54, 1.807) is 12.1 Å². The van der Waals surface area contributed by atoms with Crippen molar-refractivity contribution in [1.29, 1.82) is 0 Å². The maximum absolute atomic E-state index is 14.4. The van der Waals surface area contributed by atoms with E-state index in [0.29, 0.717) is 37.6 Å². The molecule has 0 unspecified atom stereocenters. The normalized spacial score (nSPS) is 14.8. The minimum Gasteiger partial charge on any atom is -0.378 e. The largest absolute Gasteiger partial charge is 0.378 e. The van der Waals surface area contributed by atoms with Gasteiger partial charge in [0.15, 0.2) is 0 Å². The Balaban J connectivity index is 1.60. The molecule has 1 aromatic carbocycles. The summed E-state index contributed by atoms with van der Waals surface area (Å²) in [7, 11) is 0. The summed E-state index contributed by atoms with van der Waals surface area (Å²) >= 11 is 0. The van der Waals surface area contributed by atoms with E-state index < -0.39 is 0 Å². The molecule has 6 nitrogen and oxygen atoms in total. The summed E-state index contributed by atoms with van der Waals surface area (Å²) in [6.07, 6.45) is 0. The Hall–Kier alpha value is -2.41. The van der Waals surface area contributed by atoms with Crippen LogP contribution in [0.5, 0.6) is 0 Å². The van der Waals surface area contributed by atoms with Crippen LogP contribution in [-0.2, 0) is 11.3 Å². The van der Waals surface area contributed by atoms with Gasteiger partial charge in [-0.1, -0.05) is 25.1 Å². The van der Waals surface area contributed by atoms with E-state index in [0.717, 1.165) is 5.69 Å². The predicted molar refractivity (Wildman–Crippen MR) is 91.2 cm³/mol. The van der Waals surface area contributed by atoms with Crippen molar-refractivity contribution in [3.05, 3.63) is 47.1 Å². The minimum atomic E-state index is -0.364. The molecular weight excluding hydrogens is 325 g/mol. The fourth-order valence-electron chi connectivity index (χ4n) is 2.66. The summed E-state index contributed by atoms with van der Waals surface area (Å²) in [5.74, 6) is -0.311. The SMILES string of the molecule is CC(C)c1cc(C(=O)NCc2ccc(N3CCOCC3)c(F)c2)on1. The monoisotopic (exact) mass is 347 g/mol. The van der Waals surface area contributed by atoms with Crippen LogP contribution < -0.4 is 10.2 Å². The summed E-state index contributed by atoms with van der Waals surface area (Å²) in [6.45, 7) is 6.72. The molecular formula is C18H22FN3O3. The Kier molecular flexibility index (Phi) is 5.33. The van der Waals surface area contributed by atoms with Crippen molar-refractivity contribution in [2.24, 2.45) is 0 Å². The van der Waals surface area contributed by atoms with E-state index >= 15 is 0 Å². The first-order valence-corrected chi connectivity index (χ1v) is 8.40. The average molecular weight is 347 g/mol. The van der Waals surface area contributed by atoms with Crippen LogP contribution in [0.1, 0.15) is 41.6 Å². The summed E-state index contributed by atoms with van der Waals surface area (Å²) in [6, 6.07) is 6.63. The van der Waals surface area contributed by atoms with E-state index in [1.807, 2.05) is 24.8 Å². The van der Waals surface area contributed by atoms with Crippen LogP contribution >= 0.6 is 0 Å². The molecule has 1 amide bonds. The molecule has 2 aromatic rings. The molecule has 0 saturated carbocycles. The summed E-state index contributed by atoms with van der Waals surface area (Å²) in [5, 5.41) is 6.58. The quantitative estimate of drug-likeness (QED) is 0.901. The smallest absolute Gasteiger partial charge is 0.290 e. The highest BCUT2D eigenvalue weighted by Gasteiger charge is 2.17. The van der Waals surface area contributed by atoms with Gasteiger partial charge in [0.05, 0.1) is 24.6 Å². The molecule has 1 aliphatic heterocycles. The molecule has 0 aliphatic carbocycles. The fraction of sp³-hybridized carbons (Fsp3) is 0.444. The third-order valence-corrected chi connectivity index (χ3v) is 4.16. The second-order valence-corrected chi connectivity index (χ2v) is 6.34. The average Bonchev–Trinajstić information content (AvgIpc) is 3.11. The summed E-state index contributed by atoms with van der Waals surface area (Å²) in [4.78, 5) is 14.1. The molecule has 7 heteroatoms. The first-order valence-electron chi connectivity index (χ1n) is 8.40. The highest BCUT2D eigenvalue weighted by molar-refractivity contribution is 5.91. The van der Waals surface area contributed by atoms with Gasteiger partial charge in [0, 0.05) is 25.7 Å². The van der Waals surface area contributed by atoms with Gasteiger partial charge in [0.1, 0.15) is 5.82 Å². The molecule has 1 aromatic heterocycles. The number of carbonyl (C=O) groups excluding carboxylic acids is 1. The van der Waals surface area contributed by atoms with Crippen LogP contribution in [0.4, 0.5) is 10.1 Å². The van der Waals surface area contributed by atoms with Crippen LogP contribution in [0.2, 0.25) is 0 Å². The van der Waals surface area contributed by atoms with Crippen LogP contribution in [0, 0.1) is 5.82 Å². The molecule has 0 spiro atoms. The number of hydrogen-bond acceptors (Lipinski definition) is 5. The Morgan fingerprint density at radius 3 is 2.72 bits per heavy atom. The zero-order valence-electron chi connectivity index (χ0n) is 14.4. The Labute approximate surface area is 145 Å². The van der Waals surface area contributed by atoms with Crippen LogP contribution in [0.15, 0.2) is 28.8 Å². The third-order valence-electron chi connectivity index (χ3n) is 4.16. The lowest BCUT2D eigenvalue weighted by molar-refractivity contribution is 0.0913. The molecule has 25 heavy (non-hydrogen) atoms. The van der Waals surface area contributed by atoms with Crippen LogP contribution in [-0.4, -0.2) is 37.4 Å². The zero-order valence-corrected chi connectivity index (χ0v) is 14.4. The van der Waals surface area contributed by atoms with E-state index in [2.05, 4.69) is 10.5 Å². The third kappa shape index (κ3) is 4.17. The molecule has 1 saturated heterocycles. The van der Waals surface area contributed by atoms with Crippen molar-refractivity contribution in [2.75, 3.05) is 31.2 Å². The van der Waals surface area contributed by atoms with Crippen molar-refractivity contribution in [2.45, 2.75) is 26.3 Å². The molecule has 1 fully saturated rings. The number of nitrogens with zero attached hydrogens (tertiary/aromatic N) is 2. The van der Waals surface area contributed by atoms with Crippen LogP contribution in [0.3, 0.4) is 0 Å². The van der Waals surface area contributed by atoms with Crippen molar-refractivity contribution in [1.82, 2.24) is 10.5 Å². The van der Waals surface area contributed by atoms with Gasteiger partial charge < -0.3 is 19.5 Å². The molecule has 1 aliphatic rings. The highest BCUT2D eigenvalue weighted by atomic mass is 19.1. The first-order chi connectivity index (χ1) is 12.0. The second-order valence-electron chi connectivity index (χ2n) is 6.34. The van der Waals surface area contributed by atoms with Crippen molar-refractivity contribution in [3.63, 3.8) is 0 Å². The minimum absolute atomic E-state index is 0.161. The van der Waals surface area contributed by atoms with Gasteiger partial charge in [0.25, 0.3) is 5.91 Å². The molecule has 2 heterocycles. The van der Waals surface area contributed by atoms with Crippen molar-refractivity contribution < 1.29 is 18.4 Å². The lowest BCUT2D eigenvalue weighted by atomic mass is 10.1.